The van der Waals surface area contributed by atoms with Crippen LogP contribution in [0.2, 0.25) is 0 Å². The Morgan fingerprint density at radius 1 is 1.20 bits per heavy atom. The first-order valence-corrected chi connectivity index (χ1v) is 7.30. The lowest BCUT2D eigenvalue weighted by atomic mass is 9.67. The van der Waals surface area contributed by atoms with Crippen molar-refractivity contribution in [3.8, 4) is 6.07 Å². The summed E-state index contributed by atoms with van der Waals surface area (Å²) >= 11 is 0. The van der Waals surface area contributed by atoms with E-state index in [1.54, 1.807) is 12.1 Å². The summed E-state index contributed by atoms with van der Waals surface area (Å²) in [6.45, 7) is 6.80. The SMILES string of the molecule is CC(C)(C)C1CCC(C#N)(Nc2ccc(F)cc2)CC1. The fourth-order valence-electron chi connectivity index (χ4n) is 3.05. The van der Waals surface area contributed by atoms with Gasteiger partial charge in [-0.05, 0) is 61.3 Å². The van der Waals surface area contributed by atoms with Gasteiger partial charge >= 0.3 is 0 Å². The van der Waals surface area contributed by atoms with Gasteiger partial charge in [-0.25, -0.2) is 4.39 Å². The van der Waals surface area contributed by atoms with E-state index >= 15 is 0 Å². The average molecular weight is 274 g/mol. The van der Waals surface area contributed by atoms with Gasteiger partial charge in [0.1, 0.15) is 11.4 Å². The van der Waals surface area contributed by atoms with Gasteiger partial charge < -0.3 is 5.32 Å². The van der Waals surface area contributed by atoms with Gasteiger partial charge in [-0.1, -0.05) is 20.8 Å². The van der Waals surface area contributed by atoms with Crippen molar-refractivity contribution in [2.24, 2.45) is 11.3 Å². The maximum absolute atomic E-state index is 12.9. The quantitative estimate of drug-likeness (QED) is 0.845. The van der Waals surface area contributed by atoms with Crippen LogP contribution in [-0.2, 0) is 0 Å². The number of halogens is 1. The second-order valence-corrected chi connectivity index (χ2v) is 6.97. The molecule has 0 atom stereocenters. The molecule has 3 heteroatoms. The van der Waals surface area contributed by atoms with Gasteiger partial charge in [-0.2, -0.15) is 5.26 Å². The second-order valence-electron chi connectivity index (χ2n) is 6.97. The number of nitrogens with one attached hydrogen (secondary N) is 1. The van der Waals surface area contributed by atoms with Gasteiger partial charge in [-0.3, -0.25) is 0 Å². The zero-order valence-electron chi connectivity index (χ0n) is 12.5. The highest BCUT2D eigenvalue weighted by Gasteiger charge is 2.38. The molecule has 2 rings (SSSR count). The Hall–Kier alpha value is -1.56. The van der Waals surface area contributed by atoms with Crippen molar-refractivity contribution >= 4 is 5.69 Å². The molecular formula is C17H23FN2. The second kappa shape index (κ2) is 5.44. The van der Waals surface area contributed by atoms with Crippen LogP contribution in [0.5, 0.6) is 0 Å². The van der Waals surface area contributed by atoms with Crippen LogP contribution < -0.4 is 5.32 Å². The lowest BCUT2D eigenvalue weighted by Crippen LogP contribution is -2.42. The third-order valence-electron chi connectivity index (χ3n) is 4.51. The van der Waals surface area contributed by atoms with Crippen molar-refractivity contribution in [1.82, 2.24) is 0 Å². The van der Waals surface area contributed by atoms with E-state index in [-0.39, 0.29) is 5.82 Å². The molecule has 1 saturated carbocycles. The topological polar surface area (TPSA) is 35.8 Å². The highest BCUT2D eigenvalue weighted by molar-refractivity contribution is 5.47. The minimum absolute atomic E-state index is 0.252. The number of rotatable bonds is 2. The highest BCUT2D eigenvalue weighted by Crippen LogP contribution is 2.42. The first-order chi connectivity index (χ1) is 9.35. The third kappa shape index (κ3) is 3.30. The third-order valence-corrected chi connectivity index (χ3v) is 4.51. The van der Waals surface area contributed by atoms with Crippen LogP contribution in [0.4, 0.5) is 10.1 Å². The average Bonchev–Trinajstić information content (AvgIpc) is 2.41. The van der Waals surface area contributed by atoms with E-state index in [9.17, 15) is 9.65 Å². The number of benzene rings is 1. The van der Waals surface area contributed by atoms with Gasteiger partial charge in [0.15, 0.2) is 0 Å². The number of hydrogen-bond acceptors (Lipinski definition) is 2. The first-order valence-electron chi connectivity index (χ1n) is 7.30. The van der Waals surface area contributed by atoms with Crippen molar-refractivity contribution in [2.75, 3.05) is 5.32 Å². The summed E-state index contributed by atoms with van der Waals surface area (Å²) in [6.07, 6.45) is 3.82. The summed E-state index contributed by atoms with van der Waals surface area (Å²) < 4.78 is 12.9. The van der Waals surface area contributed by atoms with E-state index in [0.29, 0.717) is 11.3 Å². The predicted octanol–water partition coefficient (Wildman–Crippen LogP) is 4.74. The smallest absolute Gasteiger partial charge is 0.125 e. The Balaban J connectivity index is 2.06. The van der Waals surface area contributed by atoms with Crippen LogP contribution >= 0.6 is 0 Å². The van der Waals surface area contributed by atoms with Gasteiger partial charge in [0, 0.05) is 5.69 Å². The lowest BCUT2D eigenvalue weighted by Gasteiger charge is -2.41. The molecule has 0 radical (unpaired) electrons. The maximum Gasteiger partial charge on any atom is 0.125 e. The van der Waals surface area contributed by atoms with E-state index in [0.717, 1.165) is 31.4 Å². The molecule has 108 valence electrons. The molecule has 0 aliphatic heterocycles. The molecule has 0 saturated heterocycles. The summed E-state index contributed by atoms with van der Waals surface area (Å²) in [4.78, 5) is 0. The monoisotopic (exact) mass is 274 g/mol. The molecule has 2 nitrogen and oxygen atoms in total. The molecule has 1 aromatic carbocycles. The van der Waals surface area contributed by atoms with Gasteiger partial charge in [0.25, 0.3) is 0 Å². The molecule has 1 aromatic rings. The van der Waals surface area contributed by atoms with Crippen molar-refractivity contribution < 1.29 is 4.39 Å². The first kappa shape index (κ1) is 14.8. The van der Waals surface area contributed by atoms with Crippen molar-refractivity contribution in [3.63, 3.8) is 0 Å². The van der Waals surface area contributed by atoms with E-state index in [2.05, 4.69) is 32.2 Å². The number of nitrogens with zero attached hydrogens (tertiary/aromatic N) is 1. The Morgan fingerprint density at radius 2 is 1.75 bits per heavy atom. The summed E-state index contributed by atoms with van der Waals surface area (Å²) in [5, 5.41) is 12.9. The van der Waals surface area contributed by atoms with Gasteiger partial charge in [-0.15, -0.1) is 0 Å². The Bertz CT molecular complexity index is 485. The number of nitriles is 1. The summed E-state index contributed by atoms with van der Waals surface area (Å²) in [5.74, 6) is 0.414. The molecule has 1 aliphatic carbocycles. The Morgan fingerprint density at radius 3 is 2.20 bits per heavy atom. The Kier molecular flexibility index (Phi) is 4.04. The van der Waals surface area contributed by atoms with Crippen molar-refractivity contribution in [3.05, 3.63) is 30.1 Å². The summed E-state index contributed by atoms with van der Waals surface area (Å²) in [5.41, 5.74) is 0.624. The normalized spacial score (nSPS) is 26.9. The molecule has 0 spiro atoms. The predicted molar refractivity (Wildman–Crippen MR) is 79.8 cm³/mol. The molecule has 20 heavy (non-hydrogen) atoms. The molecule has 1 aliphatic rings. The van der Waals surface area contributed by atoms with Crippen LogP contribution in [0.15, 0.2) is 24.3 Å². The summed E-state index contributed by atoms with van der Waals surface area (Å²) in [7, 11) is 0. The van der Waals surface area contributed by atoms with Gasteiger partial charge in [0.2, 0.25) is 0 Å². The highest BCUT2D eigenvalue weighted by atomic mass is 19.1. The minimum Gasteiger partial charge on any atom is -0.367 e. The van der Waals surface area contributed by atoms with Crippen molar-refractivity contribution in [2.45, 2.75) is 52.0 Å². The molecule has 0 heterocycles. The van der Waals surface area contributed by atoms with E-state index in [1.165, 1.54) is 12.1 Å². The molecule has 0 amide bonds. The summed E-state index contributed by atoms with van der Waals surface area (Å²) in [6, 6.07) is 8.69. The molecule has 0 unspecified atom stereocenters. The molecule has 0 bridgehead atoms. The zero-order valence-corrected chi connectivity index (χ0v) is 12.5. The van der Waals surface area contributed by atoms with E-state index < -0.39 is 5.54 Å². The lowest BCUT2D eigenvalue weighted by molar-refractivity contribution is 0.159. The van der Waals surface area contributed by atoms with Crippen LogP contribution in [-0.4, -0.2) is 5.54 Å². The van der Waals surface area contributed by atoms with E-state index in [1.807, 2.05) is 0 Å². The minimum atomic E-state index is -0.500. The zero-order chi connectivity index (χ0) is 14.8. The number of hydrogen-bond donors (Lipinski definition) is 1. The number of anilines is 1. The Labute approximate surface area is 121 Å². The molecule has 1 N–H and O–H groups in total. The van der Waals surface area contributed by atoms with Crippen LogP contribution in [0.25, 0.3) is 0 Å². The van der Waals surface area contributed by atoms with Gasteiger partial charge in [0.05, 0.1) is 6.07 Å². The molecule has 1 fully saturated rings. The van der Waals surface area contributed by atoms with Crippen LogP contribution in [0.1, 0.15) is 46.5 Å². The molecule has 0 aromatic heterocycles. The standard InChI is InChI=1S/C17H23FN2/c1-16(2,3)13-8-10-17(12-19,11-9-13)20-15-6-4-14(18)5-7-15/h4-7,13,20H,8-11H2,1-3H3. The van der Waals surface area contributed by atoms with Crippen LogP contribution in [0.3, 0.4) is 0 Å². The van der Waals surface area contributed by atoms with Crippen molar-refractivity contribution in [1.29, 1.82) is 5.26 Å². The van der Waals surface area contributed by atoms with E-state index in [4.69, 9.17) is 0 Å². The van der Waals surface area contributed by atoms with Crippen LogP contribution in [0, 0.1) is 28.5 Å². The fraction of sp³-hybridized carbons (Fsp3) is 0.588. The maximum atomic E-state index is 12.9. The largest absolute Gasteiger partial charge is 0.367 e. The molecular weight excluding hydrogens is 251 g/mol. The fourth-order valence-corrected chi connectivity index (χ4v) is 3.05.